The third-order valence-corrected chi connectivity index (χ3v) is 3.77. The van der Waals surface area contributed by atoms with Gasteiger partial charge in [0.1, 0.15) is 0 Å². The molecule has 0 aliphatic rings. The number of hydrogen-bond acceptors (Lipinski definition) is 6. The molecule has 2 aromatic heterocycles. The van der Waals surface area contributed by atoms with Crippen molar-refractivity contribution in [2.24, 2.45) is 5.84 Å². The van der Waals surface area contributed by atoms with Gasteiger partial charge < -0.3 is 0 Å². The molecule has 0 aliphatic carbocycles. The van der Waals surface area contributed by atoms with Gasteiger partial charge in [-0.15, -0.1) is 5.10 Å². The lowest BCUT2D eigenvalue weighted by Crippen LogP contribution is -2.31. The Morgan fingerprint density at radius 2 is 2.00 bits per heavy atom. The molecular formula is C13H19N5S. The van der Waals surface area contributed by atoms with Crippen LogP contribution in [0.4, 0.5) is 0 Å². The third kappa shape index (κ3) is 3.34. The third-order valence-electron chi connectivity index (χ3n) is 2.93. The molecular weight excluding hydrogens is 258 g/mol. The van der Waals surface area contributed by atoms with E-state index in [2.05, 4.69) is 40.8 Å². The van der Waals surface area contributed by atoms with Crippen molar-refractivity contribution in [3.63, 3.8) is 0 Å². The van der Waals surface area contributed by atoms with Crippen LogP contribution in [0.1, 0.15) is 42.9 Å². The van der Waals surface area contributed by atoms with Crippen LogP contribution in [-0.2, 0) is 11.8 Å². The molecule has 2 rings (SSSR count). The molecule has 5 nitrogen and oxygen atoms in total. The van der Waals surface area contributed by atoms with Crippen molar-refractivity contribution in [2.45, 2.75) is 38.6 Å². The van der Waals surface area contributed by atoms with Crippen LogP contribution in [0.15, 0.2) is 24.5 Å². The lowest BCUT2D eigenvalue weighted by Gasteiger charge is -2.21. The normalized spacial score (nSPS) is 13.5. The number of rotatable bonds is 4. The van der Waals surface area contributed by atoms with Crippen LogP contribution >= 0.6 is 11.5 Å². The van der Waals surface area contributed by atoms with E-state index >= 15 is 0 Å². The predicted molar refractivity (Wildman–Crippen MR) is 76.6 cm³/mol. The molecule has 1 atom stereocenters. The topological polar surface area (TPSA) is 76.7 Å². The van der Waals surface area contributed by atoms with Gasteiger partial charge in [0, 0.05) is 17.8 Å². The first-order valence-electron chi connectivity index (χ1n) is 6.20. The quantitative estimate of drug-likeness (QED) is 0.660. The molecule has 0 radical (unpaired) electrons. The lowest BCUT2D eigenvalue weighted by atomic mass is 9.89. The summed E-state index contributed by atoms with van der Waals surface area (Å²) in [5.41, 5.74) is 5.04. The summed E-state index contributed by atoms with van der Waals surface area (Å²) in [6.45, 7) is 6.40. The van der Waals surface area contributed by atoms with Crippen LogP contribution in [0, 0.1) is 0 Å². The van der Waals surface area contributed by atoms with Gasteiger partial charge in [0.2, 0.25) is 0 Å². The molecule has 0 aromatic carbocycles. The number of aromatic nitrogens is 3. The molecule has 0 saturated heterocycles. The predicted octanol–water partition coefficient (Wildman–Crippen LogP) is 1.98. The first-order valence-corrected chi connectivity index (χ1v) is 6.97. The molecule has 19 heavy (non-hydrogen) atoms. The van der Waals surface area contributed by atoms with E-state index in [0.717, 1.165) is 17.0 Å². The van der Waals surface area contributed by atoms with Gasteiger partial charge in [-0.3, -0.25) is 16.3 Å². The van der Waals surface area contributed by atoms with Crippen LogP contribution < -0.4 is 11.3 Å². The summed E-state index contributed by atoms with van der Waals surface area (Å²) in [6.07, 6.45) is 4.38. The minimum absolute atomic E-state index is 0.0247. The van der Waals surface area contributed by atoms with Gasteiger partial charge in [-0.2, -0.15) is 0 Å². The van der Waals surface area contributed by atoms with Gasteiger partial charge in [-0.05, 0) is 35.6 Å². The van der Waals surface area contributed by atoms with E-state index < -0.39 is 0 Å². The number of nitrogens with two attached hydrogens (primary N) is 1. The summed E-state index contributed by atoms with van der Waals surface area (Å²) in [4.78, 5) is 5.13. The van der Waals surface area contributed by atoms with Crippen LogP contribution in [-0.4, -0.2) is 14.6 Å². The fourth-order valence-electron chi connectivity index (χ4n) is 1.93. The van der Waals surface area contributed by atoms with Gasteiger partial charge in [-0.1, -0.05) is 25.3 Å². The van der Waals surface area contributed by atoms with Crippen molar-refractivity contribution in [1.29, 1.82) is 0 Å². The highest BCUT2D eigenvalue weighted by Crippen LogP contribution is 2.31. The average molecular weight is 277 g/mol. The van der Waals surface area contributed by atoms with Crippen molar-refractivity contribution in [3.8, 4) is 0 Å². The van der Waals surface area contributed by atoms with E-state index in [4.69, 9.17) is 5.84 Å². The second-order valence-electron chi connectivity index (χ2n) is 5.51. The molecule has 1 unspecified atom stereocenters. The highest BCUT2D eigenvalue weighted by atomic mass is 32.1. The minimum atomic E-state index is -0.0321. The molecule has 3 N–H and O–H groups in total. The molecule has 0 aliphatic heterocycles. The van der Waals surface area contributed by atoms with Crippen molar-refractivity contribution in [1.82, 2.24) is 20.0 Å². The molecule has 6 heteroatoms. The van der Waals surface area contributed by atoms with Crippen LogP contribution in [0.25, 0.3) is 0 Å². The Hall–Kier alpha value is -1.37. The van der Waals surface area contributed by atoms with Crippen molar-refractivity contribution >= 4 is 11.5 Å². The number of pyridine rings is 1. The summed E-state index contributed by atoms with van der Waals surface area (Å²) >= 11 is 1.41. The van der Waals surface area contributed by atoms with Crippen molar-refractivity contribution in [2.75, 3.05) is 0 Å². The molecule has 0 bridgehead atoms. The SMILES string of the molecule is CC(C)(C)c1nnsc1C(Cc1ccncc1)NN. The van der Waals surface area contributed by atoms with E-state index in [1.165, 1.54) is 17.1 Å². The van der Waals surface area contributed by atoms with Crippen molar-refractivity contribution in [3.05, 3.63) is 40.7 Å². The Kier molecular flexibility index (Phi) is 4.24. The Balaban J connectivity index is 2.26. The standard InChI is InChI=1S/C13H19N5S/c1-13(2,3)12-11(19-18-17-12)10(16-14)8-9-4-6-15-7-5-9/h4-7,10,16H,8,14H2,1-3H3. The second kappa shape index (κ2) is 5.73. The summed E-state index contributed by atoms with van der Waals surface area (Å²) in [7, 11) is 0. The number of nitrogens with one attached hydrogen (secondary N) is 1. The maximum Gasteiger partial charge on any atom is 0.0857 e. The zero-order valence-corrected chi connectivity index (χ0v) is 12.2. The largest absolute Gasteiger partial charge is 0.271 e. The maximum atomic E-state index is 5.71. The number of nitrogens with zero attached hydrogens (tertiary/aromatic N) is 3. The number of hydrazine groups is 1. The molecule has 0 fully saturated rings. The van der Waals surface area contributed by atoms with Crippen LogP contribution in [0.3, 0.4) is 0 Å². The summed E-state index contributed by atoms with van der Waals surface area (Å²) in [6, 6.07) is 4.02. The van der Waals surface area contributed by atoms with Crippen LogP contribution in [0.2, 0.25) is 0 Å². The highest BCUT2D eigenvalue weighted by molar-refractivity contribution is 7.05. The van der Waals surface area contributed by atoms with Gasteiger partial charge in [-0.25, -0.2) is 0 Å². The fraction of sp³-hybridized carbons (Fsp3) is 0.462. The maximum absolute atomic E-state index is 5.71. The van der Waals surface area contributed by atoms with Gasteiger partial charge in [0.25, 0.3) is 0 Å². The van der Waals surface area contributed by atoms with E-state index in [9.17, 15) is 0 Å². The molecule has 102 valence electrons. The monoisotopic (exact) mass is 277 g/mol. The molecule has 2 heterocycles. The Morgan fingerprint density at radius 1 is 1.32 bits per heavy atom. The van der Waals surface area contributed by atoms with E-state index in [1.54, 1.807) is 12.4 Å². The van der Waals surface area contributed by atoms with Crippen molar-refractivity contribution < 1.29 is 0 Å². The zero-order chi connectivity index (χ0) is 13.9. The minimum Gasteiger partial charge on any atom is -0.271 e. The van der Waals surface area contributed by atoms with Gasteiger partial charge in [0.05, 0.1) is 16.6 Å². The Labute approximate surface area is 117 Å². The zero-order valence-electron chi connectivity index (χ0n) is 11.4. The Morgan fingerprint density at radius 3 is 2.58 bits per heavy atom. The van der Waals surface area contributed by atoms with E-state index in [0.29, 0.717) is 0 Å². The Bertz CT molecular complexity index is 517. The molecule has 0 saturated carbocycles. The molecule has 2 aromatic rings. The van der Waals surface area contributed by atoms with E-state index in [-0.39, 0.29) is 11.5 Å². The highest BCUT2D eigenvalue weighted by Gasteiger charge is 2.26. The van der Waals surface area contributed by atoms with Crippen LogP contribution in [0.5, 0.6) is 0 Å². The number of hydrogen-bond donors (Lipinski definition) is 2. The summed E-state index contributed by atoms with van der Waals surface area (Å²) < 4.78 is 4.08. The summed E-state index contributed by atoms with van der Waals surface area (Å²) in [5.74, 6) is 5.71. The average Bonchev–Trinajstić information content (AvgIpc) is 2.86. The first-order chi connectivity index (χ1) is 9.02. The molecule has 0 amide bonds. The second-order valence-corrected chi connectivity index (χ2v) is 6.30. The lowest BCUT2D eigenvalue weighted by molar-refractivity contribution is 0.515. The molecule has 0 spiro atoms. The fourth-order valence-corrected chi connectivity index (χ4v) is 2.85. The summed E-state index contributed by atoms with van der Waals surface area (Å²) in [5, 5.41) is 4.26. The van der Waals surface area contributed by atoms with Gasteiger partial charge in [0.15, 0.2) is 0 Å². The van der Waals surface area contributed by atoms with E-state index in [1.807, 2.05) is 12.1 Å². The first kappa shape index (κ1) is 14.0. The van der Waals surface area contributed by atoms with Gasteiger partial charge >= 0.3 is 0 Å². The smallest absolute Gasteiger partial charge is 0.0857 e.